The van der Waals surface area contributed by atoms with Crippen LogP contribution in [0.5, 0.6) is 0 Å². The third kappa shape index (κ3) is 4.32. The molecule has 1 aliphatic rings. The monoisotopic (exact) mass is 274 g/mol. The Morgan fingerprint density at radius 1 is 1.15 bits per heavy atom. The summed E-state index contributed by atoms with van der Waals surface area (Å²) in [5.41, 5.74) is 1.43. The maximum absolute atomic E-state index is 3.93. The molecule has 1 heterocycles. The lowest BCUT2D eigenvalue weighted by atomic mass is 9.94. The summed E-state index contributed by atoms with van der Waals surface area (Å²) in [6.07, 6.45) is 3.92. The van der Waals surface area contributed by atoms with E-state index < -0.39 is 0 Å². The van der Waals surface area contributed by atoms with E-state index in [1.165, 1.54) is 44.5 Å². The Hall–Kier alpha value is -0.860. The Labute approximate surface area is 124 Å². The molecule has 0 saturated carbocycles. The first-order valence-corrected chi connectivity index (χ1v) is 8.24. The number of likely N-dealkylation sites (tertiary alicyclic amines) is 1. The zero-order chi connectivity index (χ0) is 14.4. The Morgan fingerprint density at radius 2 is 1.90 bits per heavy atom. The van der Waals surface area contributed by atoms with Crippen LogP contribution in [0, 0.1) is 5.92 Å². The zero-order valence-corrected chi connectivity index (χ0v) is 13.3. The van der Waals surface area contributed by atoms with Gasteiger partial charge in [-0.05, 0) is 50.4 Å². The molecule has 2 nitrogen and oxygen atoms in total. The smallest absolute Gasteiger partial charge is 0.0345 e. The maximum atomic E-state index is 3.93. The third-order valence-electron chi connectivity index (χ3n) is 4.51. The molecule has 0 spiro atoms. The Bertz CT molecular complexity index is 374. The third-order valence-corrected chi connectivity index (χ3v) is 4.51. The van der Waals surface area contributed by atoms with E-state index in [0.29, 0.717) is 18.0 Å². The van der Waals surface area contributed by atoms with E-state index in [1.807, 2.05) is 0 Å². The van der Waals surface area contributed by atoms with Crippen molar-refractivity contribution in [3.63, 3.8) is 0 Å². The van der Waals surface area contributed by atoms with Gasteiger partial charge in [-0.25, -0.2) is 0 Å². The van der Waals surface area contributed by atoms with Gasteiger partial charge in [0.25, 0.3) is 0 Å². The predicted octanol–water partition coefficient (Wildman–Crippen LogP) is 3.85. The van der Waals surface area contributed by atoms with Crippen molar-refractivity contribution in [2.75, 3.05) is 19.6 Å². The van der Waals surface area contributed by atoms with Gasteiger partial charge < -0.3 is 10.2 Å². The van der Waals surface area contributed by atoms with Gasteiger partial charge >= 0.3 is 0 Å². The van der Waals surface area contributed by atoms with Crippen molar-refractivity contribution in [3.8, 4) is 0 Å². The second-order valence-corrected chi connectivity index (χ2v) is 6.36. The Morgan fingerprint density at radius 3 is 2.55 bits per heavy atom. The van der Waals surface area contributed by atoms with Crippen LogP contribution < -0.4 is 5.32 Å². The molecule has 0 radical (unpaired) electrons. The molecule has 0 aliphatic carbocycles. The molecule has 1 N–H and O–H groups in total. The standard InChI is InChI=1S/C18H30N2/c1-4-20-13-8-11-17(12-14-20)19-18(15(2)3)16-9-6-5-7-10-16/h5-7,9-10,15,17-19H,4,8,11-14H2,1-3H3. The SMILES string of the molecule is CCN1CCCC(NC(c2ccccc2)C(C)C)CC1. The molecule has 112 valence electrons. The number of hydrogen-bond donors (Lipinski definition) is 1. The molecular formula is C18H30N2. The number of nitrogens with one attached hydrogen (secondary N) is 1. The molecule has 1 aromatic carbocycles. The van der Waals surface area contributed by atoms with Crippen molar-refractivity contribution < 1.29 is 0 Å². The largest absolute Gasteiger partial charge is 0.307 e. The normalized spacial score (nSPS) is 22.7. The van der Waals surface area contributed by atoms with Gasteiger partial charge in [0.05, 0.1) is 0 Å². The highest BCUT2D eigenvalue weighted by Crippen LogP contribution is 2.24. The molecule has 2 unspecified atom stereocenters. The summed E-state index contributed by atoms with van der Waals surface area (Å²) in [6, 6.07) is 12.1. The van der Waals surface area contributed by atoms with Crippen molar-refractivity contribution in [3.05, 3.63) is 35.9 Å². The first-order valence-electron chi connectivity index (χ1n) is 8.24. The van der Waals surface area contributed by atoms with Crippen LogP contribution in [-0.4, -0.2) is 30.6 Å². The molecule has 0 amide bonds. The minimum atomic E-state index is 0.481. The van der Waals surface area contributed by atoms with Crippen molar-refractivity contribution in [1.29, 1.82) is 0 Å². The summed E-state index contributed by atoms with van der Waals surface area (Å²) < 4.78 is 0. The second-order valence-electron chi connectivity index (χ2n) is 6.36. The minimum absolute atomic E-state index is 0.481. The van der Waals surface area contributed by atoms with Crippen LogP contribution in [0.1, 0.15) is 51.6 Å². The molecule has 2 rings (SSSR count). The average molecular weight is 274 g/mol. The van der Waals surface area contributed by atoms with Crippen molar-refractivity contribution in [2.24, 2.45) is 5.92 Å². The van der Waals surface area contributed by atoms with Gasteiger partial charge in [-0.2, -0.15) is 0 Å². The van der Waals surface area contributed by atoms with Crippen LogP contribution in [-0.2, 0) is 0 Å². The first-order chi connectivity index (χ1) is 9.70. The average Bonchev–Trinajstić information content (AvgIpc) is 2.70. The summed E-state index contributed by atoms with van der Waals surface area (Å²) in [7, 11) is 0. The van der Waals surface area contributed by atoms with Gasteiger partial charge in [-0.15, -0.1) is 0 Å². The van der Waals surface area contributed by atoms with Gasteiger partial charge in [0, 0.05) is 12.1 Å². The number of rotatable bonds is 5. The van der Waals surface area contributed by atoms with Crippen LogP contribution in [0.4, 0.5) is 0 Å². The van der Waals surface area contributed by atoms with Crippen LogP contribution >= 0.6 is 0 Å². The van der Waals surface area contributed by atoms with Gasteiger partial charge in [-0.3, -0.25) is 0 Å². The molecule has 2 heteroatoms. The lowest BCUT2D eigenvalue weighted by Crippen LogP contribution is -2.36. The van der Waals surface area contributed by atoms with Crippen LogP contribution in [0.15, 0.2) is 30.3 Å². The topological polar surface area (TPSA) is 15.3 Å². The number of nitrogens with zero attached hydrogens (tertiary/aromatic N) is 1. The molecule has 0 bridgehead atoms. The van der Waals surface area contributed by atoms with Crippen molar-refractivity contribution in [1.82, 2.24) is 10.2 Å². The van der Waals surface area contributed by atoms with Crippen molar-refractivity contribution in [2.45, 2.75) is 52.1 Å². The van der Waals surface area contributed by atoms with Crippen LogP contribution in [0.3, 0.4) is 0 Å². The van der Waals surface area contributed by atoms with E-state index in [-0.39, 0.29) is 0 Å². The fourth-order valence-electron chi connectivity index (χ4n) is 3.23. The van der Waals surface area contributed by atoms with E-state index in [1.54, 1.807) is 0 Å². The number of benzene rings is 1. The Kier molecular flexibility index (Phi) is 6.06. The van der Waals surface area contributed by atoms with E-state index >= 15 is 0 Å². The first kappa shape index (κ1) is 15.5. The minimum Gasteiger partial charge on any atom is -0.307 e. The fourth-order valence-corrected chi connectivity index (χ4v) is 3.23. The van der Waals surface area contributed by atoms with Gasteiger partial charge in [0.2, 0.25) is 0 Å². The van der Waals surface area contributed by atoms with E-state index in [2.05, 4.69) is 61.3 Å². The summed E-state index contributed by atoms with van der Waals surface area (Å²) in [4.78, 5) is 2.58. The number of hydrogen-bond acceptors (Lipinski definition) is 2. The van der Waals surface area contributed by atoms with Gasteiger partial charge in [0.15, 0.2) is 0 Å². The summed E-state index contributed by atoms with van der Waals surface area (Å²) >= 11 is 0. The molecule has 1 aromatic rings. The summed E-state index contributed by atoms with van der Waals surface area (Å²) in [5, 5.41) is 3.93. The highest BCUT2D eigenvalue weighted by Gasteiger charge is 2.22. The molecule has 1 fully saturated rings. The highest BCUT2D eigenvalue weighted by atomic mass is 15.1. The molecule has 1 aliphatic heterocycles. The zero-order valence-electron chi connectivity index (χ0n) is 13.3. The quantitative estimate of drug-likeness (QED) is 0.877. The van der Waals surface area contributed by atoms with Crippen LogP contribution in [0.2, 0.25) is 0 Å². The summed E-state index contributed by atoms with van der Waals surface area (Å²) in [5.74, 6) is 0.628. The van der Waals surface area contributed by atoms with Crippen molar-refractivity contribution >= 4 is 0 Å². The second kappa shape index (κ2) is 7.80. The van der Waals surface area contributed by atoms with Gasteiger partial charge in [-0.1, -0.05) is 51.1 Å². The van der Waals surface area contributed by atoms with E-state index in [9.17, 15) is 0 Å². The molecular weight excluding hydrogens is 244 g/mol. The lowest BCUT2D eigenvalue weighted by molar-refractivity contribution is 0.290. The van der Waals surface area contributed by atoms with Gasteiger partial charge in [0.1, 0.15) is 0 Å². The lowest BCUT2D eigenvalue weighted by Gasteiger charge is -2.28. The molecule has 2 atom stereocenters. The van der Waals surface area contributed by atoms with Crippen LogP contribution in [0.25, 0.3) is 0 Å². The van der Waals surface area contributed by atoms with E-state index in [0.717, 1.165) is 0 Å². The molecule has 20 heavy (non-hydrogen) atoms. The molecule has 0 aromatic heterocycles. The highest BCUT2D eigenvalue weighted by molar-refractivity contribution is 5.19. The maximum Gasteiger partial charge on any atom is 0.0345 e. The Balaban J connectivity index is 1.98. The predicted molar refractivity (Wildman–Crippen MR) is 86.9 cm³/mol. The summed E-state index contributed by atoms with van der Waals surface area (Å²) in [6.45, 7) is 10.6. The fraction of sp³-hybridized carbons (Fsp3) is 0.667. The van der Waals surface area contributed by atoms with E-state index in [4.69, 9.17) is 0 Å². The molecule has 1 saturated heterocycles.